The predicted molar refractivity (Wildman–Crippen MR) is 63.7 cm³/mol. The standard InChI is InChI=1S/C9H6Cl2FN3S/c10-6-3-5(1-2-7(6)12)4-13-9-8(11)14-16-15-9/h1-3H,4H2,(H,13,15). The normalized spacial score (nSPS) is 10.4. The highest BCUT2D eigenvalue weighted by atomic mass is 35.5. The van der Waals surface area contributed by atoms with Gasteiger partial charge >= 0.3 is 0 Å². The van der Waals surface area contributed by atoms with Crippen LogP contribution in [0.3, 0.4) is 0 Å². The zero-order valence-electron chi connectivity index (χ0n) is 7.88. The average molecular weight is 278 g/mol. The number of rotatable bonds is 3. The molecule has 1 aromatic heterocycles. The number of halogens is 3. The molecule has 1 heterocycles. The molecule has 0 amide bonds. The second-order valence-corrected chi connectivity index (χ2v) is 4.30. The fourth-order valence-corrected chi connectivity index (χ4v) is 2.01. The van der Waals surface area contributed by atoms with Crippen LogP contribution in [-0.4, -0.2) is 8.75 Å². The van der Waals surface area contributed by atoms with Crippen LogP contribution in [-0.2, 0) is 6.54 Å². The van der Waals surface area contributed by atoms with Crippen molar-refractivity contribution in [3.05, 3.63) is 39.8 Å². The summed E-state index contributed by atoms with van der Waals surface area (Å²) in [5.74, 6) is 0.0888. The molecule has 16 heavy (non-hydrogen) atoms. The number of aromatic nitrogens is 2. The lowest BCUT2D eigenvalue weighted by molar-refractivity contribution is 0.627. The van der Waals surface area contributed by atoms with Crippen molar-refractivity contribution in [3.63, 3.8) is 0 Å². The molecule has 0 atom stereocenters. The van der Waals surface area contributed by atoms with Gasteiger partial charge < -0.3 is 5.32 Å². The van der Waals surface area contributed by atoms with E-state index in [0.29, 0.717) is 17.5 Å². The molecule has 3 nitrogen and oxygen atoms in total. The van der Waals surface area contributed by atoms with Gasteiger partial charge in [-0.3, -0.25) is 0 Å². The second-order valence-electron chi connectivity index (χ2n) is 3.01. The van der Waals surface area contributed by atoms with Crippen molar-refractivity contribution in [2.45, 2.75) is 6.54 Å². The molecule has 0 fully saturated rings. The van der Waals surface area contributed by atoms with Crippen LogP contribution < -0.4 is 5.32 Å². The van der Waals surface area contributed by atoms with Crippen molar-refractivity contribution >= 4 is 40.7 Å². The van der Waals surface area contributed by atoms with Gasteiger partial charge in [-0.15, -0.1) is 0 Å². The summed E-state index contributed by atoms with van der Waals surface area (Å²) in [6.07, 6.45) is 0. The van der Waals surface area contributed by atoms with Crippen LogP contribution in [0.5, 0.6) is 0 Å². The van der Waals surface area contributed by atoms with Crippen LogP contribution in [0.1, 0.15) is 5.56 Å². The van der Waals surface area contributed by atoms with Crippen LogP contribution in [0.25, 0.3) is 0 Å². The Kier molecular flexibility index (Phi) is 3.58. The van der Waals surface area contributed by atoms with Gasteiger partial charge in [-0.25, -0.2) is 4.39 Å². The summed E-state index contributed by atoms with van der Waals surface area (Å²) in [5, 5.41) is 3.41. The number of benzene rings is 1. The molecule has 0 unspecified atom stereocenters. The molecule has 0 spiro atoms. The number of nitrogens with zero attached hydrogens (tertiary/aromatic N) is 2. The van der Waals surface area contributed by atoms with Gasteiger partial charge in [-0.2, -0.15) is 8.75 Å². The van der Waals surface area contributed by atoms with Crippen molar-refractivity contribution in [2.75, 3.05) is 5.32 Å². The quantitative estimate of drug-likeness (QED) is 0.932. The first-order valence-electron chi connectivity index (χ1n) is 4.32. The minimum atomic E-state index is -0.432. The van der Waals surface area contributed by atoms with Crippen LogP contribution >= 0.6 is 34.9 Å². The van der Waals surface area contributed by atoms with Crippen LogP contribution in [0.15, 0.2) is 18.2 Å². The van der Waals surface area contributed by atoms with E-state index in [4.69, 9.17) is 23.2 Å². The van der Waals surface area contributed by atoms with Gasteiger partial charge in [0.1, 0.15) is 5.82 Å². The molecular formula is C9H6Cl2FN3S. The maximum atomic E-state index is 12.9. The van der Waals surface area contributed by atoms with E-state index in [1.165, 1.54) is 6.07 Å². The van der Waals surface area contributed by atoms with E-state index in [2.05, 4.69) is 14.1 Å². The Bertz CT molecular complexity index is 503. The van der Waals surface area contributed by atoms with Gasteiger partial charge in [0.05, 0.1) is 16.8 Å². The van der Waals surface area contributed by atoms with Gasteiger partial charge in [0.25, 0.3) is 0 Å². The average Bonchev–Trinajstić information content (AvgIpc) is 2.66. The molecule has 2 aromatic rings. The summed E-state index contributed by atoms with van der Waals surface area (Å²) < 4.78 is 20.6. The number of hydrogen-bond acceptors (Lipinski definition) is 4. The molecule has 0 radical (unpaired) electrons. The fraction of sp³-hybridized carbons (Fsp3) is 0.111. The molecule has 0 aliphatic heterocycles. The van der Waals surface area contributed by atoms with Gasteiger partial charge in [0, 0.05) is 6.54 Å². The van der Waals surface area contributed by atoms with Crippen molar-refractivity contribution in [3.8, 4) is 0 Å². The fourth-order valence-electron chi connectivity index (χ4n) is 1.12. The zero-order valence-corrected chi connectivity index (χ0v) is 10.2. The van der Waals surface area contributed by atoms with Gasteiger partial charge in [0.15, 0.2) is 11.0 Å². The lowest BCUT2D eigenvalue weighted by atomic mass is 10.2. The lowest BCUT2D eigenvalue weighted by Gasteiger charge is -2.04. The van der Waals surface area contributed by atoms with E-state index in [0.717, 1.165) is 17.3 Å². The third-order valence-corrected chi connectivity index (χ3v) is 3.07. The zero-order chi connectivity index (χ0) is 11.5. The van der Waals surface area contributed by atoms with E-state index in [-0.39, 0.29) is 5.02 Å². The Morgan fingerprint density at radius 1 is 1.31 bits per heavy atom. The molecule has 1 N–H and O–H groups in total. The Morgan fingerprint density at radius 3 is 2.75 bits per heavy atom. The highest BCUT2D eigenvalue weighted by Crippen LogP contribution is 2.20. The summed E-state index contributed by atoms with van der Waals surface area (Å²) in [7, 11) is 0. The molecule has 2 rings (SSSR count). The van der Waals surface area contributed by atoms with E-state index in [9.17, 15) is 4.39 Å². The van der Waals surface area contributed by atoms with Crippen molar-refractivity contribution in [2.24, 2.45) is 0 Å². The van der Waals surface area contributed by atoms with Crippen LogP contribution in [0.4, 0.5) is 10.2 Å². The first kappa shape index (κ1) is 11.6. The maximum absolute atomic E-state index is 12.9. The van der Waals surface area contributed by atoms with E-state index < -0.39 is 5.82 Å². The highest BCUT2D eigenvalue weighted by Gasteiger charge is 2.05. The maximum Gasteiger partial charge on any atom is 0.186 e. The third kappa shape index (κ3) is 2.61. The third-order valence-electron chi connectivity index (χ3n) is 1.89. The first-order chi connectivity index (χ1) is 7.66. The Hall–Kier alpha value is -0.910. The predicted octanol–water partition coefficient (Wildman–Crippen LogP) is 3.60. The van der Waals surface area contributed by atoms with Crippen molar-refractivity contribution in [1.82, 2.24) is 8.75 Å². The first-order valence-corrected chi connectivity index (χ1v) is 5.81. The van der Waals surface area contributed by atoms with Crippen molar-refractivity contribution < 1.29 is 4.39 Å². The molecular weight excluding hydrogens is 272 g/mol. The van der Waals surface area contributed by atoms with Gasteiger partial charge in [-0.1, -0.05) is 29.3 Å². The minimum absolute atomic E-state index is 0.0989. The van der Waals surface area contributed by atoms with E-state index in [1.54, 1.807) is 12.1 Å². The molecule has 0 saturated heterocycles. The number of anilines is 1. The Balaban J connectivity index is 2.05. The van der Waals surface area contributed by atoms with Gasteiger partial charge in [0.2, 0.25) is 0 Å². The Morgan fingerprint density at radius 2 is 2.12 bits per heavy atom. The molecule has 0 bridgehead atoms. The molecule has 0 aliphatic rings. The monoisotopic (exact) mass is 277 g/mol. The summed E-state index contributed by atoms with van der Waals surface area (Å²) >= 11 is 12.4. The highest BCUT2D eigenvalue weighted by molar-refractivity contribution is 6.99. The summed E-state index contributed by atoms with van der Waals surface area (Å²) in [6.45, 7) is 0.463. The summed E-state index contributed by atoms with van der Waals surface area (Å²) in [4.78, 5) is 0. The SMILES string of the molecule is Fc1ccc(CNc2nsnc2Cl)cc1Cl. The summed E-state index contributed by atoms with van der Waals surface area (Å²) in [6, 6.07) is 4.51. The molecule has 7 heteroatoms. The second kappa shape index (κ2) is 4.95. The summed E-state index contributed by atoms with van der Waals surface area (Å²) in [5.41, 5.74) is 0.843. The number of hydrogen-bond donors (Lipinski definition) is 1. The lowest BCUT2D eigenvalue weighted by Crippen LogP contribution is -2.00. The molecule has 1 aromatic carbocycles. The van der Waals surface area contributed by atoms with E-state index >= 15 is 0 Å². The smallest absolute Gasteiger partial charge is 0.186 e. The van der Waals surface area contributed by atoms with Gasteiger partial charge in [-0.05, 0) is 17.7 Å². The van der Waals surface area contributed by atoms with Crippen LogP contribution in [0, 0.1) is 5.82 Å². The van der Waals surface area contributed by atoms with Crippen LogP contribution in [0.2, 0.25) is 10.2 Å². The minimum Gasteiger partial charge on any atom is -0.363 e. The molecule has 84 valence electrons. The van der Waals surface area contributed by atoms with Crippen molar-refractivity contribution in [1.29, 1.82) is 0 Å². The largest absolute Gasteiger partial charge is 0.363 e. The number of nitrogens with one attached hydrogen (secondary N) is 1. The molecule has 0 saturated carbocycles. The van der Waals surface area contributed by atoms with E-state index in [1.807, 2.05) is 0 Å². The molecule has 0 aliphatic carbocycles. The Labute approximate surface area is 106 Å². The topological polar surface area (TPSA) is 37.8 Å².